The van der Waals surface area contributed by atoms with Crippen LogP contribution in [0.5, 0.6) is 0 Å². The average molecular weight is 438 g/mol. The summed E-state index contributed by atoms with van der Waals surface area (Å²) < 4.78 is 27.8. The number of hydrogen-bond acceptors (Lipinski definition) is 4. The number of anilines is 2. The summed E-state index contributed by atoms with van der Waals surface area (Å²) in [6.07, 6.45) is 12.7. The Morgan fingerprint density at radius 2 is 1.74 bits per heavy atom. The molecule has 0 bridgehead atoms. The second-order valence-electron chi connectivity index (χ2n) is 8.06. The van der Waals surface area contributed by atoms with Crippen LogP contribution < -0.4 is 15.4 Å². The van der Waals surface area contributed by atoms with Gasteiger partial charge in [-0.15, -0.1) is 12.3 Å². The van der Waals surface area contributed by atoms with E-state index in [1.54, 1.807) is 12.1 Å². The van der Waals surface area contributed by atoms with E-state index < -0.39 is 16.1 Å². The van der Waals surface area contributed by atoms with Crippen LogP contribution in [0, 0.1) is 12.3 Å². The zero-order chi connectivity index (χ0) is 21.8. The first-order chi connectivity index (χ1) is 15.0. The topological polar surface area (TPSA) is 87.3 Å². The molecule has 2 aliphatic carbocycles. The number of carbonyl (C=O) groups is 1. The Morgan fingerprint density at radius 3 is 2.42 bits per heavy atom. The maximum absolute atomic E-state index is 12.8. The van der Waals surface area contributed by atoms with E-state index in [0.717, 1.165) is 61.8 Å². The van der Waals surface area contributed by atoms with E-state index in [9.17, 15) is 13.2 Å². The average Bonchev–Trinajstić information content (AvgIpc) is 3.40. The third-order valence-corrected chi connectivity index (χ3v) is 7.24. The van der Waals surface area contributed by atoms with Crippen LogP contribution in [-0.2, 0) is 35.7 Å². The van der Waals surface area contributed by atoms with Crippen molar-refractivity contribution < 1.29 is 13.2 Å². The molecule has 0 unspecified atom stereocenters. The van der Waals surface area contributed by atoms with Crippen molar-refractivity contribution in [2.24, 2.45) is 0 Å². The minimum Gasteiger partial charge on any atom is -0.385 e. The zero-order valence-electron chi connectivity index (χ0n) is 17.5. The zero-order valence-corrected chi connectivity index (χ0v) is 18.3. The van der Waals surface area contributed by atoms with Crippen molar-refractivity contribution in [3.8, 4) is 12.3 Å². The highest BCUT2D eigenvalue weighted by Crippen LogP contribution is 2.38. The molecule has 0 aliphatic heterocycles. The molecule has 3 N–H and O–H groups in total. The molecule has 0 aromatic heterocycles. The van der Waals surface area contributed by atoms with Crippen LogP contribution >= 0.6 is 0 Å². The third kappa shape index (κ3) is 4.70. The number of rotatable bonds is 7. The lowest BCUT2D eigenvalue weighted by Crippen LogP contribution is -2.35. The lowest BCUT2D eigenvalue weighted by molar-refractivity contribution is 0.256. The fourth-order valence-corrected chi connectivity index (χ4v) is 5.44. The Hall–Kier alpha value is -2.98. The molecule has 2 aromatic rings. The highest BCUT2D eigenvalue weighted by Gasteiger charge is 2.26. The highest BCUT2D eigenvalue weighted by atomic mass is 32.2. The summed E-state index contributed by atoms with van der Waals surface area (Å²) in [7, 11) is -4.00. The largest absolute Gasteiger partial charge is 0.385 e. The number of hydrogen-bond donors (Lipinski definition) is 3. The van der Waals surface area contributed by atoms with Crippen LogP contribution in [0.15, 0.2) is 35.2 Å². The van der Waals surface area contributed by atoms with E-state index in [-0.39, 0.29) is 4.90 Å². The standard InChI is InChI=1S/C24H27N3O3S/c1-2-3-4-14-25-19-10-7-11-20(16-19)31(29,30)27-24(28)26-23-21-12-5-8-17(21)15-18-9-6-13-22(18)23/h1,7,10-11,15-16,25H,3-6,8-9,12-14H2,(H2,26,27,28). The van der Waals surface area contributed by atoms with Crippen molar-refractivity contribution in [3.63, 3.8) is 0 Å². The van der Waals surface area contributed by atoms with Crippen molar-refractivity contribution >= 4 is 27.4 Å². The van der Waals surface area contributed by atoms with Crippen LogP contribution in [0.2, 0.25) is 0 Å². The predicted octanol–water partition coefficient (Wildman–Crippen LogP) is 4.00. The number of nitrogens with one attached hydrogen (secondary N) is 3. The highest BCUT2D eigenvalue weighted by molar-refractivity contribution is 7.90. The molecular weight excluding hydrogens is 410 g/mol. The number of urea groups is 1. The number of sulfonamides is 1. The van der Waals surface area contributed by atoms with E-state index in [2.05, 4.69) is 27.3 Å². The van der Waals surface area contributed by atoms with Gasteiger partial charge in [-0.05, 0) is 85.4 Å². The van der Waals surface area contributed by atoms with E-state index in [1.165, 1.54) is 23.3 Å². The van der Waals surface area contributed by atoms with Crippen LogP contribution in [0.1, 0.15) is 47.9 Å². The Bertz CT molecular complexity index is 1120. The Kier molecular flexibility index (Phi) is 6.19. The van der Waals surface area contributed by atoms with Crippen molar-refractivity contribution in [1.29, 1.82) is 0 Å². The van der Waals surface area contributed by atoms with E-state index >= 15 is 0 Å². The Morgan fingerprint density at radius 1 is 1.03 bits per heavy atom. The molecule has 0 spiro atoms. The van der Waals surface area contributed by atoms with Gasteiger partial charge in [-0.2, -0.15) is 0 Å². The van der Waals surface area contributed by atoms with Gasteiger partial charge in [0.15, 0.2) is 0 Å². The number of terminal acetylenes is 1. The molecule has 0 radical (unpaired) electrons. The van der Waals surface area contributed by atoms with Crippen molar-refractivity contribution in [2.45, 2.75) is 56.3 Å². The van der Waals surface area contributed by atoms with Gasteiger partial charge in [0.2, 0.25) is 0 Å². The molecule has 0 fully saturated rings. The maximum atomic E-state index is 12.8. The molecule has 2 amide bonds. The summed E-state index contributed by atoms with van der Waals surface area (Å²) in [4.78, 5) is 12.7. The lowest BCUT2D eigenvalue weighted by Gasteiger charge is -2.17. The molecule has 0 atom stereocenters. The predicted molar refractivity (Wildman–Crippen MR) is 123 cm³/mol. The smallest absolute Gasteiger partial charge is 0.333 e. The normalized spacial score (nSPS) is 14.4. The van der Waals surface area contributed by atoms with E-state index in [0.29, 0.717) is 18.7 Å². The monoisotopic (exact) mass is 437 g/mol. The van der Waals surface area contributed by atoms with E-state index in [1.807, 2.05) is 0 Å². The van der Waals surface area contributed by atoms with Crippen LogP contribution in [-0.4, -0.2) is 21.0 Å². The first kappa shape index (κ1) is 21.3. The molecule has 2 aliphatic rings. The van der Waals surface area contributed by atoms with Gasteiger partial charge >= 0.3 is 6.03 Å². The molecule has 7 heteroatoms. The minimum absolute atomic E-state index is 0.0353. The van der Waals surface area contributed by atoms with Gasteiger partial charge in [0.05, 0.1) is 4.90 Å². The van der Waals surface area contributed by atoms with Crippen LogP contribution in [0.3, 0.4) is 0 Å². The number of carbonyl (C=O) groups excluding carboxylic acids is 1. The molecule has 162 valence electrons. The number of aryl methyl sites for hydroxylation is 2. The summed E-state index contributed by atoms with van der Waals surface area (Å²) in [6, 6.07) is 7.97. The SMILES string of the molecule is C#CCCCNc1cccc(S(=O)(=O)NC(=O)Nc2c3c(cc4c2CCC4)CCC3)c1. The fourth-order valence-electron chi connectivity index (χ4n) is 4.48. The fraction of sp³-hybridized carbons (Fsp3) is 0.375. The minimum atomic E-state index is -4.00. The number of unbranched alkanes of at least 4 members (excludes halogenated alkanes) is 1. The summed E-state index contributed by atoms with van der Waals surface area (Å²) in [5.41, 5.74) is 6.36. The summed E-state index contributed by atoms with van der Waals surface area (Å²) in [5.74, 6) is 2.57. The summed E-state index contributed by atoms with van der Waals surface area (Å²) >= 11 is 0. The molecule has 31 heavy (non-hydrogen) atoms. The lowest BCUT2D eigenvalue weighted by atomic mass is 9.99. The summed E-state index contributed by atoms with van der Waals surface area (Å²) in [5, 5.41) is 6.02. The molecule has 4 rings (SSSR count). The Balaban J connectivity index is 1.48. The van der Waals surface area contributed by atoms with Gasteiger partial charge in [0, 0.05) is 24.3 Å². The van der Waals surface area contributed by atoms with Crippen molar-refractivity contribution in [3.05, 3.63) is 52.6 Å². The quantitative estimate of drug-likeness (QED) is 0.451. The third-order valence-electron chi connectivity index (χ3n) is 5.91. The van der Waals surface area contributed by atoms with Crippen molar-refractivity contribution in [1.82, 2.24) is 4.72 Å². The second kappa shape index (κ2) is 9.03. The Labute approximate surface area is 183 Å². The number of benzene rings is 2. The number of amides is 2. The first-order valence-electron chi connectivity index (χ1n) is 10.8. The number of fused-ring (bicyclic) bond motifs is 2. The molecular formula is C24H27N3O3S. The molecule has 0 saturated carbocycles. The van der Waals surface area contributed by atoms with Gasteiger partial charge in [-0.3, -0.25) is 0 Å². The van der Waals surface area contributed by atoms with Crippen LogP contribution in [0.25, 0.3) is 0 Å². The van der Waals surface area contributed by atoms with Crippen molar-refractivity contribution in [2.75, 3.05) is 17.2 Å². The van der Waals surface area contributed by atoms with Gasteiger partial charge in [0.25, 0.3) is 10.0 Å². The summed E-state index contributed by atoms with van der Waals surface area (Å²) in [6.45, 7) is 0.645. The maximum Gasteiger partial charge on any atom is 0.333 e. The van der Waals surface area contributed by atoms with Gasteiger partial charge in [-0.25, -0.2) is 17.9 Å². The first-order valence-corrected chi connectivity index (χ1v) is 12.2. The van der Waals surface area contributed by atoms with Gasteiger partial charge in [-0.1, -0.05) is 12.1 Å². The van der Waals surface area contributed by atoms with E-state index in [4.69, 9.17) is 6.42 Å². The molecule has 6 nitrogen and oxygen atoms in total. The molecule has 2 aromatic carbocycles. The van der Waals surface area contributed by atoms with Gasteiger partial charge in [0.1, 0.15) is 0 Å². The molecule has 0 heterocycles. The van der Waals surface area contributed by atoms with Gasteiger partial charge < -0.3 is 10.6 Å². The van der Waals surface area contributed by atoms with Crippen LogP contribution in [0.4, 0.5) is 16.2 Å². The molecule has 0 saturated heterocycles. The second-order valence-corrected chi connectivity index (χ2v) is 9.74.